The van der Waals surface area contributed by atoms with E-state index in [9.17, 15) is 9.59 Å². The normalized spacial score (nSPS) is 10.4. The number of carbonyl (C=O) groups excluding carboxylic acids is 2. The number of carbonyl (C=O) groups is 2. The van der Waals surface area contributed by atoms with Crippen LogP contribution >= 0.6 is 38.6 Å². The zero-order valence-electron chi connectivity index (χ0n) is 12.3. The van der Waals surface area contributed by atoms with Crippen molar-refractivity contribution in [3.63, 3.8) is 0 Å². The number of thiophene rings is 1. The number of amides is 2. The molecule has 0 saturated heterocycles. The third-order valence-corrected chi connectivity index (χ3v) is 5.43. The summed E-state index contributed by atoms with van der Waals surface area (Å²) in [6.45, 7) is -0.104. The second-order valence-corrected chi connectivity index (χ2v) is 8.06. The fourth-order valence-electron chi connectivity index (χ4n) is 1.91. The fourth-order valence-corrected chi connectivity index (χ4v) is 4.06. The quantitative estimate of drug-likeness (QED) is 0.653. The van der Waals surface area contributed by atoms with Crippen molar-refractivity contribution >= 4 is 55.5 Å². The Balaban J connectivity index is 1.54. The number of aromatic nitrogens is 1. The van der Waals surface area contributed by atoms with Crippen LogP contribution < -0.4 is 10.6 Å². The number of benzene rings is 1. The van der Waals surface area contributed by atoms with E-state index in [0.717, 1.165) is 14.4 Å². The molecule has 0 aliphatic heterocycles. The highest BCUT2D eigenvalue weighted by molar-refractivity contribution is 9.11. The molecule has 24 heavy (non-hydrogen) atoms. The molecule has 0 saturated carbocycles. The molecule has 2 amide bonds. The Labute approximate surface area is 154 Å². The second-order valence-electron chi connectivity index (χ2n) is 4.74. The Morgan fingerprint density at radius 2 is 1.92 bits per heavy atom. The average Bonchev–Trinajstić information content (AvgIpc) is 3.22. The lowest BCUT2D eigenvalue weighted by Crippen LogP contribution is -2.32. The van der Waals surface area contributed by atoms with Crippen LogP contribution in [0.5, 0.6) is 0 Å². The molecule has 2 aromatic heterocycles. The van der Waals surface area contributed by atoms with Gasteiger partial charge in [-0.1, -0.05) is 18.2 Å². The molecule has 0 aliphatic carbocycles. The number of rotatable bonds is 5. The van der Waals surface area contributed by atoms with Crippen LogP contribution in [0.3, 0.4) is 0 Å². The molecule has 2 heterocycles. The molecular weight excluding hydrogens is 410 g/mol. The Morgan fingerprint density at radius 3 is 2.62 bits per heavy atom. The molecule has 3 aromatic rings. The van der Waals surface area contributed by atoms with Gasteiger partial charge in [-0.15, -0.1) is 22.7 Å². The summed E-state index contributed by atoms with van der Waals surface area (Å²) in [5.74, 6) is -0.596. The van der Waals surface area contributed by atoms with E-state index < -0.39 is 0 Å². The van der Waals surface area contributed by atoms with E-state index in [2.05, 4.69) is 31.5 Å². The number of halogens is 1. The van der Waals surface area contributed by atoms with Gasteiger partial charge in [0.25, 0.3) is 5.91 Å². The minimum atomic E-state index is -0.312. The Hall–Kier alpha value is -2.03. The molecule has 3 rings (SSSR count). The van der Waals surface area contributed by atoms with Crippen LogP contribution in [-0.4, -0.2) is 23.3 Å². The van der Waals surface area contributed by atoms with E-state index in [4.69, 9.17) is 0 Å². The van der Waals surface area contributed by atoms with E-state index >= 15 is 0 Å². The standard InChI is InChI=1S/C16H12BrN3O2S2/c17-13-7-6-12(24-13)11-9-23-16(19-11)20-14(21)8-18-15(22)10-4-2-1-3-5-10/h1-7,9H,8H2,(H,18,22)(H,19,20,21). The van der Waals surface area contributed by atoms with Crippen molar-refractivity contribution in [1.29, 1.82) is 0 Å². The molecule has 8 heteroatoms. The highest BCUT2D eigenvalue weighted by atomic mass is 79.9. The summed E-state index contributed by atoms with van der Waals surface area (Å²) in [6, 6.07) is 12.7. The summed E-state index contributed by atoms with van der Waals surface area (Å²) < 4.78 is 1.03. The van der Waals surface area contributed by atoms with Crippen molar-refractivity contribution in [1.82, 2.24) is 10.3 Å². The number of nitrogens with zero attached hydrogens (tertiary/aromatic N) is 1. The van der Waals surface area contributed by atoms with Gasteiger partial charge in [-0.25, -0.2) is 4.98 Å². The van der Waals surface area contributed by atoms with Crippen LogP contribution in [0.25, 0.3) is 10.6 Å². The Bertz CT molecular complexity index is 861. The minimum absolute atomic E-state index is 0.104. The van der Waals surface area contributed by atoms with Crippen LogP contribution in [0.15, 0.2) is 51.6 Å². The first-order chi connectivity index (χ1) is 11.6. The number of anilines is 1. The fraction of sp³-hybridized carbons (Fsp3) is 0.0625. The van der Waals surface area contributed by atoms with Crippen molar-refractivity contribution in [2.24, 2.45) is 0 Å². The van der Waals surface area contributed by atoms with Crippen LogP contribution in [0.4, 0.5) is 5.13 Å². The first-order valence-electron chi connectivity index (χ1n) is 6.96. The van der Waals surface area contributed by atoms with Crippen molar-refractivity contribution in [3.8, 4) is 10.6 Å². The number of nitrogens with one attached hydrogen (secondary N) is 2. The van der Waals surface area contributed by atoms with Gasteiger partial charge in [0.15, 0.2) is 5.13 Å². The van der Waals surface area contributed by atoms with Gasteiger partial charge in [0.1, 0.15) is 0 Å². The molecule has 122 valence electrons. The van der Waals surface area contributed by atoms with E-state index in [-0.39, 0.29) is 18.4 Å². The maximum Gasteiger partial charge on any atom is 0.251 e. The molecular formula is C16H12BrN3O2S2. The van der Waals surface area contributed by atoms with Gasteiger partial charge in [-0.2, -0.15) is 0 Å². The zero-order chi connectivity index (χ0) is 16.9. The summed E-state index contributed by atoms with van der Waals surface area (Å²) in [5.41, 5.74) is 1.34. The van der Waals surface area contributed by atoms with Crippen LogP contribution in [-0.2, 0) is 4.79 Å². The van der Waals surface area contributed by atoms with Gasteiger partial charge in [0.05, 0.1) is 20.9 Å². The predicted molar refractivity (Wildman–Crippen MR) is 101 cm³/mol. The van der Waals surface area contributed by atoms with Gasteiger partial charge in [-0.05, 0) is 40.2 Å². The minimum Gasteiger partial charge on any atom is -0.343 e. The highest BCUT2D eigenvalue weighted by Crippen LogP contribution is 2.32. The Morgan fingerprint density at radius 1 is 1.12 bits per heavy atom. The van der Waals surface area contributed by atoms with Crippen molar-refractivity contribution in [2.75, 3.05) is 11.9 Å². The van der Waals surface area contributed by atoms with Crippen LogP contribution in [0.1, 0.15) is 10.4 Å². The van der Waals surface area contributed by atoms with Crippen LogP contribution in [0, 0.1) is 0 Å². The maximum atomic E-state index is 11.9. The predicted octanol–water partition coefficient (Wildman–Crippen LogP) is 4.00. The molecule has 0 aliphatic rings. The third-order valence-electron chi connectivity index (χ3n) is 3.02. The maximum absolute atomic E-state index is 11.9. The van der Waals surface area contributed by atoms with Gasteiger partial charge in [0.2, 0.25) is 5.91 Å². The monoisotopic (exact) mass is 421 g/mol. The van der Waals surface area contributed by atoms with Gasteiger partial charge >= 0.3 is 0 Å². The molecule has 1 aromatic carbocycles. The molecule has 0 bridgehead atoms. The average molecular weight is 422 g/mol. The smallest absolute Gasteiger partial charge is 0.251 e. The summed E-state index contributed by atoms with van der Waals surface area (Å²) in [6.07, 6.45) is 0. The molecule has 5 nitrogen and oxygen atoms in total. The molecule has 0 spiro atoms. The zero-order valence-corrected chi connectivity index (χ0v) is 15.5. The van der Waals surface area contributed by atoms with Crippen molar-refractivity contribution < 1.29 is 9.59 Å². The summed E-state index contributed by atoms with van der Waals surface area (Å²) >= 11 is 6.34. The van der Waals surface area contributed by atoms with E-state index in [0.29, 0.717) is 10.7 Å². The van der Waals surface area contributed by atoms with Crippen LogP contribution in [0.2, 0.25) is 0 Å². The lowest BCUT2D eigenvalue weighted by atomic mass is 10.2. The van der Waals surface area contributed by atoms with Crippen molar-refractivity contribution in [3.05, 3.63) is 57.2 Å². The lowest BCUT2D eigenvalue weighted by Gasteiger charge is -2.04. The summed E-state index contributed by atoms with van der Waals surface area (Å²) in [5, 5.41) is 7.67. The first-order valence-corrected chi connectivity index (χ1v) is 9.45. The highest BCUT2D eigenvalue weighted by Gasteiger charge is 2.11. The lowest BCUT2D eigenvalue weighted by molar-refractivity contribution is -0.115. The van der Waals surface area contributed by atoms with Crippen molar-refractivity contribution in [2.45, 2.75) is 0 Å². The largest absolute Gasteiger partial charge is 0.343 e. The number of hydrogen-bond donors (Lipinski definition) is 2. The molecule has 2 N–H and O–H groups in total. The van der Waals surface area contributed by atoms with E-state index in [1.165, 1.54) is 11.3 Å². The third kappa shape index (κ3) is 4.28. The molecule has 0 unspecified atom stereocenters. The molecule has 0 fully saturated rings. The topological polar surface area (TPSA) is 71.1 Å². The van der Waals surface area contributed by atoms with E-state index in [1.807, 2.05) is 23.6 Å². The summed E-state index contributed by atoms with van der Waals surface area (Å²) in [7, 11) is 0. The van der Waals surface area contributed by atoms with Gasteiger partial charge in [-0.3, -0.25) is 9.59 Å². The summed E-state index contributed by atoms with van der Waals surface area (Å²) in [4.78, 5) is 29.2. The number of thiazole rings is 1. The second kappa shape index (κ2) is 7.69. The Kier molecular flexibility index (Phi) is 5.39. The van der Waals surface area contributed by atoms with Gasteiger partial charge < -0.3 is 10.6 Å². The molecule has 0 atom stereocenters. The first kappa shape index (κ1) is 16.8. The molecule has 0 radical (unpaired) electrons. The SMILES string of the molecule is O=C(CNC(=O)c1ccccc1)Nc1nc(-c2ccc(Br)s2)cs1. The van der Waals surface area contributed by atoms with Gasteiger partial charge in [0, 0.05) is 10.9 Å². The van der Waals surface area contributed by atoms with E-state index in [1.54, 1.807) is 35.6 Å². The number of hydrogen-bond acceptors (Lipinski definition) is 5.